The van der Waals surface area contributed by atoms with Gasteiger partial charge in [0.05, 0.1) is 21.7 Å². The van der Waals surface area contributed by atoms with Crippen molar-refractivity contribution in [3.8, 4) is 16.9 Å². The highest BCUT2D eigenvalue weighted by Gasteiger charge is 2.39. The number of rotatable bonds is 9. The summed E-state index contributed by atoms with van der Waals surface area (Å²) in [6.45, 7) is 2.02. The van der Waals surface area contributed by atoms with E-state index in [4.69, 9.17) is 16.3 Å². The Balaban J connectivity index is 1.54. The molecule has 1 heterocycles. The largest absolute Gasteiger partial charge is 0.494 e. The number of hydrogen-bond acceptors (Lipinski definition) is 5. The molecule has 2 amide bonds. The van der Waals surface area contributed by atoms with Crippen molar-refractivity contribution in [1.29, 1.82) is 0 Å². The van der Waals surface area contributed by atoms with Crippen LogP contribution in [0.25, 0.3) is 21.2 Å². The second-order valence-corrected chi connectivity index (χ2v) is 12.8. The van der Waals surface area contributed by atoms with Gasteiger partial charge in [0.25, 0.3) is 11.7 Å². The molecule has 1 aliphatic rings. The Morgan fingerprint density at radius 2 is 1.54 bits per heavy atom. The number of benzene rings is 3. The Morgan fingerprint density at radius 1 is 0.938 bits per heavy atom. The summed E-state index contributed by atoms with van der Waals surface area (Å²) in [7, 11) is 1.49. The highest BCUT2D eigenvalue weighted by atomic mass is 35.5. The van der Waals surface area contributed by atoms with Gasteiger partial charge in [-0.05, 0) is 68.0 Å². The van der Waals surface area contributed by atoms with Crippen molar-refractivity contribution in [2.45, 2.75) is 57.4 Å². The van der Waals surface area contributed by atoms with Gasteiger partial charge in [0.15, 0.2) is 0 Å². The van der Waals surface area contributed by atoms with Gasteiger partial charge in [-0.15, -0.1) is 11.3 Å². The molecule has 7 nitrogen and oxygen atoms in total. The number of carbonyl (C=O) groups is 3. The van der Waals surface area contributed by atoms with Crippen LogP contribution in [0.4, 0.5) is 26.7 Å². The number of halogens is 6. The lowest BCUT2D eigenvalue weighted by Gasteiger charge is -2.39. The molecule has 0 saturated heterocycles. The molecule has 4 aromatic rings. The number of amides is 2. The van der Waals surface area contributed by atoms with E-state index in [1.165, 1.54) is 24.1 Å². The maximum atomic E-state index is 14.7. The van der Waals surface area contributed by atoms with Gasteiger partial charge in [0.1, 0.15) is 22.3 Å². The van der Waals surface area contributed by atoms with Crippen LogP contribution in [0.5, 0.6) is 5.75 Å². The smallest absolute Gasteiger partial charge is 0.454 e. The molecule has 1 aromatic heterocycles. The minimum absolute atomic E-state index is 0.0354. The maximum Gasteiger partial charge on any atom is 0.454 e. The highest BCUT2D eigenvalue weighted by molar-refractivity contribution is 7.21. The average Bonchev–Trinajstić information content (AvgIpc) is 3.43. The zero-order chi connectivity index (χ0) is 34.9. The molecule has 1 saturated carbocycles. The summed E-state index contributed by atoms with van der Waals surface area (Å²) in [5, 5.41) is 9.06. The fourth-order valence-corrected chi connectivity index (χ4v) is 7.49. The van der Waals surface area contributed by atoms with E-state index in [1.54, 1.807) is 30.0 Å². The molecule has 0 atom stereocenters. The van der Waals surface area contributed by atoms with E-state index in [9.17, 15) is 41.4 Å². The zero-order valence-electron chi connectivity index (χ0n) is 25.7. The van der Waals surface area contributed by atoms with Crippen LogP contribution in [0.3, 0.4) is 0 Å². The SMILES string of the molecule is CCOc1ccc(-c2ccc(C(=O)C(F)(F)F)cc2)cc1CN(C(=O)c1sc2c(F)ccc(F)c2c1Cl)C1CCC(N(C)C(=O)O)CC1. The quantitative estimate of drug-likeness (QED) is 0.138. The third kappa shape index (κ3) is 7.12. The first-order valence-corrected chi connectivity index (χ1v) is 16.2. The lowest BCUT2D eigenvalue weighted by molar-refractivity contribution is -0.0885. The molecule has 1 fully saturated rings. The summed E-state index contributed by atoms with van der Waals surface area (Å²) in [5.41, 5.74) is 1.11. The molecule has 14 heteroatoms. The number of ether oxygens (including phenoxy) is 1. The summed E-state index contributed by atoms with van der Waals surface area (Å²) in [6, 6.07) is 11.3. The van der Waals surface area contributed by atoms with Crippen LogP contribution >= 0.6 is 22.9 Å². The first-order chi connectivity index (χ1) is 22.7. The van der Waals surface area contributed by atoms with E-state index in [-0.39, 0.29) is 39.2 Å². The van der Waals surface area contributed by atoms with Crippen LogP contribution in [0.2, 0.25) is 5.02 Å². The number of ketones is 1. The molecule has 0 aliphatic heterocycles. The summed E-state index contributed by atoms with van der Waals surface area (Å²) in [4.78, 5) is 40.3. The molecule has 1 aliphatic carbocycles. The molecule has 0 bridgehead atoms. The Bertz CT molecular complexity index is 1860. The van der Waals surface area contributed by atoms with E-state index in [0.29, 0.717) is 48.1 Å². The standard InChI is InChI=1S/C34H30ClF5N2O5S/c1-3-47-26-15-8-20(18-4-6-19(7-5-18)31(43)34(38,39)40)16-21(26)17-42(23-11-9-22(10-12-23)41(2)33(45)46)32(44)30-28(35)27-24(36)13-14-25(37)29(27)48-30/h4-8,13-16,22-23H,3,9-12,17H2,1-2H3,(H,45,46). The summed E-state index contributed by atoms with van der Waals surface area (Å²) >= 11 is 7.27. The summed E-state index contributed by atoms with van der Waals surface area (Å²) < 4.78 is 74.0. The van der Waals surface area contributed by atoms with Gasteiger partial charge in [-0.25, -0.2) is 13.6 Å². The van der Waals surface area contributed by atoms with Crippen LogP contribution in [0, 0.1) is 11.6 Å². The monoisotopic (exact) mass is 708 g/mol. The molecular formula is C34H30ClF5N2O5S. The molecule has 1 N–H and O–H groups in total. The topological polar surface area (TPSA) is 87.2 Å². The molecule has 5 rings (SSSR count). The lowest BCUT2D eigenvalue weighted by atomic mass is 9.89. The second-order valence-electron chi connectivity index (χ2n) is 11.4. The van der Waals surface area contributed by atoms with Gasteiger partial charge < -0.3 is 19.6 Å². The maximum absolute atomic E-state index is 14.7. The zero-order valence-corrected chi connectivity index (χ0v) is 27.3. The minimum Gasteiger partial charge on any atom is -0.494 e. The Kier molecular flexibility index (Phi) is 10.3. The lowest BCUT2D eigenvalue weighted by Crippen LogP contribution is -2.46. The molecular weight excluding hydrogens is 679 g/mol. The highest BCUT2D eigenvalue weighted by Crippen LogP contribution is 2.41. The minimum atomic E-state index is -5.01. The van der Waals surface area contributed by atoms with Crippen LogP contribution in [-0.2, 0) is 6.54 Å². The Morgan fingerprint density at radius 3 is 2.12 bits per heavy atom. The molecule has 48 heavy (non-hydrogen) atoms. The molecule has 0 spiro atoms. The van der Waals surface area contributed by atoms with Crippen molar-refractivity contribution in [1.82, 2.24) is 9.80 Å². The Labute approximate surface area is 281 Å². The van der Waals surface area contributed by atoms with Crippen molar-refractivity contribution < 1.29 is 46.2 Å². The fraction of sp³-hybridized carbons (Fsp3) is 0.324. The first kappa shape index (κ1) is 35.1. The number of carboxylic acid groups (broad SMARTS) is 1. The predicted molar refractivity (Wildman–Crippen MR) is 172 cm³/mol. The van der Waals surface area contributed by atoms with Crippen LogP contribution < -0.4 is 4.74 Å². The number of Topliss-reactive ketones (excluding diaryl/α,β-unsaturated/α-hetero) is 1. The fourth-order valence-electron chi connectivity index (χ4n) is 5.99. The number of thiophene rings is 1. The van der Waals surface area contributed by atoms with Crippen molar-refractivity contribution in [2.24, 2.45) is 0 Å². The van der Waals surface area contributed by atoms with Crippen molar-refractivity contribution in [3.63, 3.8) is 0 Å². The van der Waals surface area contributed by atoms with Crippen LogP contribution in [-0.4, -0.2) is 64.6 Å². The number of alkyl halides is 3. The van der Waals surface area contributed by atoms with Gasteiger partial charge in [-0.3, -0.25) is 9.59 Å². The third-order valence-corrected chi connectivity index (χ3v) is 10.2. The Hall–Kier alpha value is -4.23. The van der Waals surface area contributed by atoms with Crippen molar-refractivity contribution >= 4 is 50.8 Å². The van der Waals surface area contributed by atoms with Gasteiger partial charge in [0, 0.05) is 36.8 Å². The van der Waals surface area contributed by atoms with Crippen molar-refractivity contribution in [2.75, 3.05) is 13.7 Å². The van der Waals surface area contributed by atoms with Gasteiger partial charge in [-0.1, -0.05) is 41.9 Å². The molecule has 3 aromatic carbocycles. The van der Waals surface area contributed by atoms with Crippen LogP contribution in [0.1, 0.15) is 58.2 Å². The first-order valence-electron chi connectivity index (χ1n) is 15.0. The van der Waals surface area contributed by atoms with Gasteiger partial charge in [0.2, 0.25) is 0 Å². The van der Waals surface area contributed by atoms with E-state index in [1.807, 2.05) is 0 Å². The summed E-state index contributed by atoms with van der Waals surface area (Å²) in [5.74, 6) is -3.60. The van der Waals surface area contributed by atoms with E-state index < -0.39 is 47.2 Å². The number of hydrogen-bond donors (Lipinski definition) is 1. The normalized spacial score (nSPS) is 16.5. The number of fused-ring (bicyclic) bond motifs is 1. The average molecular weight is 709 g/mol. The molecule has 254 valence electrons. The third-order valence-electron chi connectivity index (χ3n) is 8.53. The summed E-state index contributed by atoms with van der Waals surface area (Å²) in [6.07, 6.45) is -4.30. The van der Waals surface area contributed by atoms with Gasteiger partial charge in [-0.2, -0.15) is 13.2 Å². The number of carbonyl (C=O) groups excluding carboxylic acids is 2. The van der Waals surface area contributed by atoms with Crippen LogP contribution in [0.15, 0.2) is 54.6 Å². The molecule has 0 unspecified atom stereocenters. The van der Waals surface area contributed by atoms with Gasteiger partial charge >= 0.3 is 12.3 Å². The molecule has 0 radical (unpaired) electrons. The van der Waals surface area contributed by atoms with E-state index >= 15 is 0 Å². The number of nitrogens with zero attached hydrogens (tertiary/aromatic N) is 2. The van der Waals surface area contributed by atoms with E-state index in [2.05, 4.69) is 0 Å². The predicted octanol–water partition coefficient (Wildman–Crippen LogP) is 9.21. The van der Waals surface area contributed by atoms with E-state index in [0.717, 1.165) is 35.6 Å². The van der Waals surface area contributed by atoms with Crippen molar-refractivity contribution in [3.05, 3.63) is 87.3 Å². The second kappa shape index (κ2) is 14.1.